The van der Waals surface area contributed by atoms with Crippen LogP contribution >= 0.6 is 27.3 Å². The van der Waals surface area contributed by atoms with Crippen molar-refractivity contribution in [1.29, 1.82) is 0 Å². The lowest BCUT2D eigenvalue weighted by atomic mass is 10.1. The van der Waals surface area contributed by atoms with Crippen molar-refractivity contribution in [2.75, 3.05) is 4.72 Å². The molecular formula is C13H15BrN2O2S2. The number of nitrogens with two attached hydrogens (primary N) is 1. The van der Waals surface area contributed by atoms with E-state index in [4.69, 9.17) is 5.73 Å². The first-order chi connectivity index (χ1) is 9.33. The highest BCUT2D eigenvalue weighted by Crippen LogP contribution is 2.30. The van der Waals surface area contributed by atoms with E-state index in [-0.39, 0.29) is 4.90 Å². The predicted molar refractivity (Wildman–Crippen MR) is 86.6 cm³/mol. The molecule has 1 aromatic carbocycles. The van der Waals surface area contributed by atoms with Crippen molar-refractivity contribution in [3.8, 4) is 0 Å². The highest BCUT2D eigenvalue weighted by Gasteiger charge is 2.18. The van der Waals surface area contributed by atoms with Crippen molar-refractivity contribution < 1.29 is 8.42 Å². The van der Waals surface area contributed by atoms with Crippen LogP contribution in [-0.4, -0.2) is 8.42 Å². The molecule has 7 heteroatoms. The van der Waals surface area contributed by atoms with Crippen LogP contribution in [0.15, 0.2) is 32.9 Å². The van der Waals surface area contributed by atoms with Gasteiger partial charge in [-0.3, -0.25) is 4.72 Å². The molecule has 0 unspecified atom stereocenters. The minimum absolute atomic E-state index is 0.245. The normalized spacial score (nSPS) is 11.6. The zero-order valence-electron chi connectivity index (χ0n) is 11.1. The van der Waals surface area contributed by atoms with Gasteiger partial charge in [0.15, 0.2) is 0 Å². The quantitative estimate of drug-likeness (QED) is 0.861. The maximum Gasteiger partial charge on any atom is 0.262 e. The number of hydrogen-bond acceptors (Lipinski definition) is 4. The Kier molecular flexibility index (Phi) is 4.53. The zero-order valence-corrected chi connectivity index (χ0v) is 14.3. The molecule has 0 bridgehead atoms. The Labute approximate surface area is 131 Å². The largest absolute Gasteiger partial charge is 0.326 e. The van der Waals surface area contributed by atoms with Gasteiger partial charge in [0.25, 0.3) is 10.0 Å². The second-order valence-electron chi connectivity index (χ2n) is 4.50. The van der Waals surface area contributed by atoms with E-state index in [9.17, 15) is 8.42 Å². The van der Waals surface area contributed by atoms with Crippen LogP contribution in [0.25, 0.3) is 0 Å². The minimum atomic E-state index is -3.59. The summed E-state index contributed by atoms with van der Waals surface area (Å²) in [5.74, 6) is 0. The third kappa shape index (κ3) is 3.22. The molecule has 20 heavy (non-hydrogen) atoms. The molecular weight excluding hydrogens is 360 g/mol. The summed E-state index contributed by atoms with van der Waals surface area (Å²) in [7, 11) is -3.59. The first-order valence-electron chi connectivity index (χ1n) is 5.90. The molecule has 0 amide bonds. The van der Waals surface area contributed by atoms with Crippen molar-refractivity contribution in [2.24, 2.45) is 5.73 Å². The number of thiophene rings is 1. The Hall–Kier alpha value is -0.890. The SMILES string of the molecule is Cc1cc(C)c(NS(=O)(=O)c2csc(CN)c2)c(Br)c1. The molecule has 0 radical (unpaired) electrons. The van der Waals surface area contributed by atoms with Gasteiger partial charge in [0, 0.05) is 21.3 Å². The fourth-order valence-electron chi connectivity index (χ4n) is 1.85. The van der Waals surface area contributed by atoms with Crippen LogP contribution in [0, 0.1) is 13.8 Å². The number of anilines is 1. The van der Waals surface area contributed by atoms with E-state index >= 15 is 0 Å². The first kappa shape index (κ1) is 15.5. The van der Waals surface area contributed by atoms with Crippen molar-refractivity contribution in [1.82, 2.24) is 0 Å². The fourth-order valence-corrected chi connectivity index (χ4v) is 5.06. The summed E-state index contributed by atoms with van der Waals surface area (Å²) in [5.41, 5.74) is 8.02. The number of halogens is 1. The van der Waals surface area contributed by atoms with Crippen LogP contribution in [0.5, 0.6) is 0 Å². The average molecular weight is 375 g/mol. The Morgan fingerprint density at radius 1 is 1.30 bits per heavy atom. The number of nitrogens with one attached hydrogen (secondary N) is 1. The summed E-state index contributed by atoms with van der Waals surface area (Å²) >= 11 is 4.74. The maximum atomic E-state index is 12.4. The summed E-state index contributed by atoms with van der Waals surface area (Å²) in [6.07, 6.45) is 0. The van der Waals surface area contributed by atoms with Gasteiger partial charge in [0.05, 0.1) is 10.6 Å². The second-order valence-corrected chi connectivity index (χ2v) is 8.03. The minimum Gasteiger partial charge on any atom is -0.326 e. The predicted octanol–water partition coefficient (Wildman–Crippen LogP) is 3.39. The Bertz CT molecular complexity index is 716. The number of benzene rings is 1. The highest BCUT2D eigenvalue weighted by atomic mass is 79.9. The Morgan fingerprint density at radius 3 is 2.55 bits per heavy atom. The first-order valence-corrected chi connectivity index (χ1v) is 9.06. The molecule has 0 fully saturated rings. The van der Waals surface area contributed by atoms with Gasteiger partial charge >= 0.3 is 0 Å². The Balaban J connectivity index is 2.38. The molecule has 0 saturated heterocycles. The second kappa shape index (κ2) is 5.85. The van der Waals surface area contributed by atoms with Crippen LogP contribution in [0.3, 0.4) is 0 Å². The number of sulfonamides is 1. The maximum absolute atomic E-state index is 12.4. The molecule has 1 heterocycles. The summed E-state index contributed by atoms with van der Waals surface area (Å²) in [5, 5.41) is 1.60. The molecule has 1 aromatic heterocycles. The molecule has 0 aliphatic rings. The summed E-state index contributed by atoms with van der Waals surface area (Å²) < 4.78 is 28.1. The van der Waals surface area contributed by atoms with E-state index in [1.807, 2.05) is 26.0 Å². The lowest BCUT2D eigenvalue weighted by molar-refractivity contribution is 0.601. The van der Waals surface area contributed by atoms with E-state index in [0.717, 1.165) is 20.5 Å². The van der Waals surface area contributed by atoms with Gasteiger partial charge < -0.3 is 5.73 Å². The van der Waals surface area contributed by atoms with Gasteiger partial charge in [-0.2, -0.15) is 0 Å². The Morgan fingerprint density at radius 2 is 2.00 bits per heavy atom. The zero-order chi connectivity index (χ0) is 14.9. The van der Waals surface area contributed by atoms with Gasteiger partial charge in [-0.25, -0.2) is 8.42 Å². The third-order valence-corrected chi connectivity index (χ3v) is 5.87. The standard InChI is InChI=1S/C13H15BrN2O2S2/c1-8-3-9(2)13(12(14)4-8)16-20(17,18)11-5-10(6-15)19-7-11/h3-5,7,16H,6,15H2,1-2H3. The molecule has 0 spiro atoms. The third-order valence-electron chi connectivity index (χ3n) is 2.81. The van der Waals surface area contributed by atoms with Crippen molar-refractivity contribution in [2.45, 2.75) is 25.3 Å². The number of hydrogen-bond donors (Lipinski definition) is 2. The number of rotatable bonds is 4. The van der Waals surface area contributed by atoms with Crippen LogP contribution in [0.4, 0.5) is 5.69 Å². The monoisotopic (exact) mass is 374 g/mol. The summed E-state index contributed by atoms with van der Waals surface area (Å²) in [6.45, 7) is 4.17. The molecule has 4 nitrogen and oxygen atoms in total. The molecule has 0 aliphatic carbocycles. The van der Waals surface area contributed by atoms with Crippen molar-refractivity contribution >= 4 is 43.0 Å². The molecule has 2 rings (SSSR count). The molecule has 0 saturated carbocycles. The van der Waals surface area contributed by atoms with Crippen molar-refractivity contribution in [3.63, 3.8) is 0 Å². The lowest BCUT2D eigenvalue weighted by Gasteiger charge is -2.12. The topological polar surface area (TPSA) is 72.2 Å². The molecule has 0 aliphatic heterocycles. The van der Waals surface area contributed by atoms with Crippen LogP contribution in [0.2, 0.25) is 0 Å². The van der Waals surface area contributed by atoms with E-state index in [1.165, 1.54) is 11.3 Å². The molecule has 3 N–H and O–H groups in total. The molecule has 108 valence electrons. The van der Waals surface area contributed by atoms with E-state index in [1.54, 1.807) is 11.4 Å². The van der Waals surface area contributed by atoms with Gasteiger partial charge in [0.1, 0.15) is 0 Å². The van der Waals surface area contributed by atoms with E-state index in [0.29, 0.717) is 12.2 Å². The summed E-state index contributed by atoms with van der Waals surface area (Å²) in [4.78, 5) is 1.08. The van der Waals surface area contributed by atoms with E-state index < -0.39 is 10.0 Å². The van der Waals surface area contributed by atoms with E-state index in [2.05, 4.69) is 20.7 Å². The number of aryl methyl sites for hydroxylation is 2. The van der Waals surface area contributed by atoms with Crippen molar-refractivity contribution in [3.05, 3.63) is 44.1 Å². The lowest BCUT2D eigenvalue weighted by Crippen LogP contribution is -2.13. The van der Waals surface area contributed by atoms with Gasteiger partial charge in [-0.05, 0) is 53.0 Å². The van der Waals surface area contributed by atoms with Gasteiger partial charge in [-0.1, -0.05) is 6.07 Å². The average Bonchev–Trinajstić information content (AvgIpc) is 2.83. The van der Waals surface area contributed by atoms with Gasteiger partial charge in [-0.15, -0.1) is 11.3 Å². The fraction of sp³-hybridized carbons (Fsp3) is 0.231. The van der Waals surface area contributed by atoms with Crippen LogP contribution < -0.4 is 10.5 Å². The highest BCUT2D eigenvalue weighted by molar-refractivity contribution is 9.10. The van der Waals surface area contributed by atoms with Gasteiger partial charge in [0.2, 0.25) is 0 Å². The van der Waals surface area contributed by atoms with Crippen LogP contribution in [-0.2, 0) is 16.6 Å². The van der Waals surface area contributed by atoms with Crippen LogP contribution in [0.1, 0.15) is 16.0 Å². The molecule has 2 aromatic rings. The summed E-state index contributed by atoms with van der Waals surface area (Å²) in [6, 6.07) is 5.41. The molecule has 0 atom stereocenters. The smallest absolute Gasteiger partial charge is 0.262 e.